The van der Waals surface area contributed by atoms with E-state index in [-0.39, 0.29) is 0 Å². The topological polar surface area (TPSA) is 52.6 Å². The average molecular weight is 274 g/mol. The average Bonchev–Trinajstić information content (AvgIpc) is 2.48. The minimum absolute atomic E-state index is 0.432. The van der Waals surface area contributed by atoms with E-state index in [0.29, 0.717) is 5.92 Å². The van der Waals surface area contributed by atoms with Crippen LogP contribution in [0.25, 0.3) is 0 Å². The first-order valence-corrected chi connectivity index (χ1v) is 7.07. The number of allylic oxidation sites excluding steroid dienone is 1. The molecule has 0 aromatic heterocycles. The van der Waals surface area contributed by atoms with E-state index in [9.17, 15) is 4.79 Å². The number of hydroxylamine groups is 1. The van der Waals surface area contributed by atoms with Gasteiger partial charge in [-0.1, -0.05) is 35.9 Å². The fraction of sp³-hybridized carbons (Fsp3) is 0.438. The summed E-state index contributed by atoms with van der Waals surface area (Å²) in [5.41, 5.74) is 4.26. The lowest BCUT2D eigenvalue weighted by Gasteiger charge is -2.30. The molecule has 0 saturated carbocycles. The molecule has 4 nitrogen and oxygen atoms in total. The van der Waals surface area contributed by atoms with E-state index >= 15 is 0 Å². The summed E-state index contributed by atoms with van der Waals surface area (Å²) in [4.78, 5) is 13.4. The van der Waals surface area contributed by atoms with Crippen molar-refractivity contribution in [2.45, 2.75) is 26.3 Å². The molecule has 1 amide bonds. The highest BCUT2D eigenvalue weighted by molar-refractivity contribution is 5.86. The molecule has 1 fully saturated rings. The molecule has 4 heteroatoms. The van der Waals surface area contributed by atoms with Gasteiger partial charge in [0.2, 0.25) is 0 Å². The Bertz CT molecular complexity index is 460. The Morgan fingerprint density at radius 2 is 2.00 bits per heavy atom. The van der Waals surface area contributed by atoms with Crippen LogP contribution in [0.1, 0.15) is 24.0 Å². The fourth-order valence-corrected chi connectivity index (χ4v) is 2.52. The highest BCUT2D eigenvalue weighted by atomic mass is 16.5. The van der Waals surface area contributed by atoms with E-state index in [1.807, 2.05) is 6.08 Å². The van der Waals surface area contributed by atoms with Crippen LogP contribution in [-0.4, -0.2) is 29.1 Å². The number of nitrogens with zero attached hydrogens (tertiary/aromatic N) is 1. The minimum atomic E-state index is -0.452. The molecule has 0 aliphatic carbocycles. The molecule has 0 spiro atoms. The molecule has 1 aliphatic heterocycles. The zero-order chi connectivity index (χ0) is 14.4. The van der Waals surface area contributed by atoms with Gasteiger partial charge in [0.05, 0.1) is 0 Å². The predicted molar refractivity (Wildman–Crippen MR) is 78.2 cm³/mol. The smallest absolute Gasteiger partial charge is 0.267 e. The van der Waals surface area contributed by atoms with Crippen LogP contribution in [0.5, 0.6) is 0 Å². The van der Waals surface area contributed by atoms with Crippen molar-refractivity contribution in [1.29, 1.82) is 0 Å². The number of carbonyl (C=O) groups excluding carboxylic acids is 1. The van der Waals surface area contributed by atoms with Crippen LogP contribution < -0.4 is 5.48 Å². The molecule has 1 aliphatic rings. The van der Waals surface area contributed by atoms with E-state index in [1.165, 1.54) is 17.2 Å². The molecule has 1 saturated heterocycles. The molecule has 2 N–H and O–H groups in total. The van der Waals surface area contributed by atoms with Crippen molar-refractivity contribution >= 4 is 5.91 Å². The maximum Gasteiger partial charge on any atom is 0.267 e. The van der Waals surface area contributed by atoms with Crippen molar-refractivity contribution in [3.63, 3.8) is 0 Å². The Hall–Kier alpha value is -1.65. The third-order valence-corrected chi connectivity index (χ3v) is 3.79. The summed E-state index contributed by atoms with van der Waals surface area (Å²) in [6.07, 6.45) is 5.43. The Morgan fingerprint density at radius 3 is 2.60 bits per heavy atom. The zero-order valence-electron chi connectivity index (χ0n) is 11.9. The summed E-state index contributed by atoms with van der Waals surface area (Å²) in [7, 11) is 0. The SMILES string of the molecule is Cc1ccc(CN2CCC(/C=C/C(=O)NO)CC2)cc1. The first-order chi connectivity index (χ1) is 9.67. The number of hydrogen-bond acceptors (Lipinski definition) is 3. The van der Waals surface area contributed by atoms with Gasteiger partial charge in [-0.3, -0.25) is 14.9 Å². The standard InChI is InChI=1S/C16H22N2O2/c1-13-2-4-15(5-3-13)12-18-10-8-14(9-11-18)6-7-16(19)17-20/h2-7,14,20H,8-12H2,1H3,(H,17,19)/b7-6+. The molecule has 2 rings (SSSR count). The normalized spacial score (nSPS) is 17.5. The Morgan fingerprint density at radius 1 is 1.35 bits per heavy atom. The van der Waals surface area contributed by atoms with Gasteiger partial charge in [0.15, 0.2) is 0 Å². The van der Waals surface area contributed by atoms with Crippen molar-refractivity contribution in [3.8, 4) is 0 Å². The first kappa shape index (κ1) is 14.8. The van der Waals surface area contributed by atoms with E-state index in [4.69, 9.17) is 5.21 Å². The number of benzene rings is 1. The van der Waals surface area contributed by atoms with Crippen molar-refractivity contribution in [2.24, 2.45) is 5.92 Å². The monoisotopic (exact) mass is 274 g/mol. The highest BCUT2D eigenvalue weighted by Gasteiger charge is 2.17. The maximum atomic E-state index is 10.9. The van der Waals surface area contributed by atoms with E-state index in [2.05, 4.69) is 36.1 Å². The third kappa shape index (κ3) is 4.47. The van der Waals surface area contributed by atoms with Crippen molar-refractivity contribution in [1.82, 2.24) is 10.4 Å². The van der Waals surface area contributed by atoms with Crippen LogP contribution in [-0.2, 0) is 11.3 Å². The van der Waals surface area contributed by atoms with Gasteiger partial charge in [-0.25, -0.2) is 5.48 Å². The van der Waals surface area contributed by atoms with Crippen LogP contribution in [0.3, 0.4) is 0 Å². The number of aryl methyl sites for hydroxylation is 1. The Balaban J connectivity index is 1.78. The quantitative estimate of drug-likeness (QED) is 0.503. The number of hydrogen-bond donors (Lipinski definition) is 2. The van der Waals surface area contributed by atoms with Gasteiger partial charge in [0, 0.05) is 12.6 Å². The van der Waals surface area contributed by atoms with Crippen LogP contribution in [0, 0.1) is 12.8 Å². The summed E-state index contributed by atoms with van der Waals surface area (Å²) in [6.45, 7) is 5.19. The van der Waals surface area contributed by atoms with Gasteiger partial charge in [-0.15, -0.1) is 0 Å². The lowest BCUT2D eigenvalue weighted by molar-refractivity contribution is -0.124. The fourth-order valence-electron chi connectivity index (χ4n) is 2.52. The summed E-state index contributed by atoms with van der Waals surface area (Å²) < 4.78 is 0. The number of amides is 1. The van der Waals surface area contributed by atoms with Gasteiger partial charge < -0.3 is 0 Å². The maximum absolute atomic E-state index is 10.9. The number of piperidine rings is 1. The molecule has 0 bridgehead atoms. The predicted octanol–water partition coefficient (Wildman–Crippen LogP) is 2.27. The van der Waals surface area contributed by atoms with Gasteiger partial charge >= 0.3 is 0 Å². The molecule has 20 heavy (non-hydrogen) atoms. The number of nitrogens with one attached hydrogen (secondary N) is 1. The molecule has 0 atom stereocenters. The molecule has 108 valence electrons. The van der Waals surface area contributed by atoms with Gasteiger partial charge in [-0.2, -0.15) is 0 Å². The second-order valence-corrected chi connectivity index (χ2v) is 5.43. The number of rotatable bonds is 4. The van der Waals surface area contributed by atoms with Crippen molar-refractivity contribution in [3.05, 3.63) is 47.5 Å². The lowest BCUT2D eigenvalue weighted by atomic mass is 9.96. The highest BCUT2D eigenvalue weighted by Crippen LogP contribution is 2.20. The Labute approximate surface area is 120 Å². The van der Waals surface area contributed by atoms with Gasteiger partial charge in [-0.05, 0) is 44.3 Å². The summed E-state index contributed by atoms with van der Waals surface area (Å²) >= 11 is 0. The summed E-state index contributed by atoms with van der Waals surface area (Å²) in [6, 6.07) is 8.68. The molecule has 1 heterocycles. The van der Waals surface area contributed by atoms with E-state index < -0.39 is 5.91 Å². The second kappa shape index (κ2) is 7.22. The van der Waals surface area contributed by atoms with Crippen LogP contribution >= 0.6 is 0 Å². The van der Waals surface area contributed by atoms with Crippen LogP contribution in [0.4, 0.5) is 0 Å². The first-order valence-electron chi connectivity index (χ1n) is 7.07. The van der Waals surface area contributed by atoms with Crippen LogP contribution in [0.15, 0.2) is 36.4 Å². The largest absolute Gasteiger partial charge is 0.299 e. The third-order valence-electron chi connectivity index (χ3n) is 3.79. The Kier molecular flexibility index (Phi) is 5.32. The molecule has 0 unspecified atom stereocenters. The van der Waals surface area contributed by atoms with E-state index in [0.717, 1.165) is 32.5 Å². The second-order valence-electron chi connectivity index (χ2n) is 5.43. The van der Waals surface area contributed by atoms with E-state index in [1.54, 1.807) is 5.48 Å². The molecule has 1 aromatic carbocycles. The van der Waals surface area contributed by atoms with Crippen LogP contribution in [0.2, 0.25) is 0 Å². The molecule has 0 radical (unpaired) electrons. The summed E-state index contributed by atoms with van der Waals surface area (Å²) in [5.74, 6) is -0.0198. The minimum Gasteiger partial charge on any atom is -0.299 e. The number of likely N-dealkylation sites (tertiary alicyclic amines) is 1. The zero-order valence-corrected chi connectivity index (χ0v) is 11.9. The van der Waals surface area contributed by atoms with Crippen molar-refractivity contribution < 1.29 is 10.0 Å². The van der Waals surface area contributed by atoms with Gasteiger partial charge in [0.25, 0.3) is 5.91 Å². The van der Waals surface area contributed by atoms with Crippen molar-refractivity contribution in [2.75, 3.05) is 13.1 Å². The molecule has 1 aromatic rings. The molecular weight excluding hydrogens is 252 g/mol. The van der Waals surface area contributed by atoms with Gasteiger partial charge in [0.1, 0.15) is 0 Å². The summed E-state index contributed by atoms with van der Waals surface area (Å²) in [5, 5.41) is 8.43. The number of carbonyl (C=O) groups is 1. The lowest BCUT2D eigenvalue weighted by Crippen LogP contribution is -2.32. The molecular formula is C16H22N2O2.